The molecule has 1 spiro atoms. The van der Waals surface area contributed by atoms with Gasteiger partial charge in [-0.1, -0.05) is 30.3 Å². The molecule has 0 unspecified atom stereocenters. The summed E-state index contributed by atoms with van der Waals surface area (Å²) < 4.78 is 10.7. The van der Waals surface area contributed by atoms with Crippen LogP contribution in [-0.4, -0.2) is 86.8 Å². The van der Waals surface area contributed by atoms with E-state index in [1.807, 2.05) is 17.0 Å². The molecule has 1 saturated carbocycles. The van der Waals surface area contributed by atoms with Crippen molar-refractivity contribution >= 4 is 18.6 Å². The molecule has 1 aliphatic heterocycles. The van der Waals surface area contributed by atoms with Gasteiger partial charge in [-0.15, -0.1) is 0 Å². The largest absolute Gasteiger partial charge is 0.480 e. The summed E-state index contributed by atoms with van der Waals surface area (Å²) in [6.45, 7) is 6.91. The number of urea groups is 1. The van der Waals surface area contributed by atoms with Crippen LogP contribution >= 0.6 is 0 Å². The predicted molar refractivity (Wildman–Crippen MR) is 141 cm³/mol. The third-order valence-corrected chi connectivity index (χ3v) is 7.76. The minimum atomic E-state index is -0.308. The summed E-state index contributed by atoms with van der Waals surface area (Å²) in [7, 11) is 7.43. The quantitative estimate of drug-likeness (QED) is 0.224. The van der Waals surface area contributed by atoms with E-state index < -0.39 is 0 Å². The molecule has 2 amide bonds. The molecule has 2 fully saturated rings. The minimum absolute atomic E-state index is 0.0736. The molecule has 0 N–H and O–H groups in total. The van der Waals surface area contributed by atoms with Crippen molar-refractivity contribution in [3.05, 3.63) is 47.5 Å². The van der Waals surface area contributed by atoms with Crippen LogP contribution in [0.25, 0.3) is 0 Å². The molecule has 194 valence electrons. The molecular formula is C27H38N6O3. The van der Waals surface area contributed by atoms with Crippen LogP contribution < -0.4 is 0 Å². The first-order chi connectivity index (χ1) is 17.3. The highest BCUT2D eigenvalue weighted by Crippen LogP contribution is 2.49. The second-order valence-corrected chi connectivity index (χ2v) is 9.68. The zero-order valence-corrected chi connectivity index (χ0v) is 22.2. The van der Waals surface area contributed by atoms with Gasteiger partial charge in [-0.05, 0) is 65.4 Å². The fraction of sp³-hybridized carbons (Fsp3) is 0.556. The van der Waals surface area contributed by atoms with Crippen molar-refractivity contribution in [2.75, 3.05) is 48.0 Å². The first-order valence-electron chi connectivity index (χ1n) is 12.3. The van der Waals surface area contributed by atoms with Crippen LogP contribution in [0.3, 0.4) is 0 Å². The SMILES string of the molecule is C=N/C(C#N)=N\C(OC)=C(/C)N1C[C@]2(CC[C@](c3ccccc3)(N(C)C)CC2)N(CCCOC)C1=O. The van der Waals surface area contributed by atoms with Crippen LogP contribution in [0.15, 0.2) is 51.9 Å². The highest BCUT2D eigenvalue weighted by molar-refractivity contribution is 5.99. The fourth-order valence-corrected chi connectivity index (χ4v) is 5.64. The van der Waals surface area contributed by atoms with Crippen molar-refractivity contribution in [1.29, 1.82) is 5.26 Å². The van der Waals surface area contributed by atoms with Crippen molar-refractivity contribution in [2.45, 2.75) is 50.1 Å². The molecule has 1 saturated heterocycles. The lowest BCUT2D eigenvalue weighted by Gasteiger charge is -2.51. The zero-order valence-electron chi connectivity index (χ0n) is 22.2. The molecule has 9 nitrogen and oxygen atoms in total. The number of nitrogens with zero attached hydrogens (tertiary/aromatic N) is 6. The number of hydrogen-bond donors (Lipinski definition) is 0. The molecule has 1 heterocycles. The number of hydrogen-bond acceptors (Lipinski definition) is 6. The van der Waals surface area contributed by atoms with Crippen molar-refractivity contribution in [3.8, 4) is 6.07 Å². The van der Waals surface area contributed by atoms with Gasteiger partial charge in [-0.3, -0.25) is 9.80 Å². The average Bonchev–Trinajstić information content (AvgIpc) is 3.16. The number of rotatable bonds is 9. The number of ether oxygens (including phenoxy) is 2. The molecule has 1 aromatic carbocycles. The van der Waals surface area contributed by atoms with E-state index in [2.05, 4.69) is 60.0 Å². The maximum atomic E-state index is 13.8. The number of carbonyl (C=O) groups is 1. The summed E-state index contributed by atoms with van der Waals surface area (Å²) in [4.78, 5) is 27.7. The molecule has 0 aromatic heterocycles. The predicted octanol–water partition coefficient (Wildman–Crippen LogP) is 3.99. The Morgan fingerprint density at radius 3 is 2.39 bits per heavy atom. The van der Waals surface area contributed by atoms with Crippen LogP contribution in [0.5, 0.6) is 0 Å². The van der Waals surface area contributed by atoms with Gasteiger partial charge in [0.1, 0.15) is 6.07 Å². The Morgan fingerprint density at radius 2 is 1.86 bits per heavy atom. The topological polar surface area (TPSA) is 93.8 Å². The standard InChI is InChI=1S/C27H38N6O3/c1-21(24(36-6)30-23(19-28)29-2)32-20-26(33(25(32)34)17-10-18-35-5)13-15-27(16-14-26,31(3)4)22-11-8-7-9-12-22/h7-9,11-12H,2,10,13-18,20H2,1,3-6H3/b24-21-,30-23-/t26-,27+. The third-order valence-electron chi connectivity index (χ3n) is 7.76. The fourth-order valence-electron chi connectivity index (χ4n) is 5.64. The van der Waals surface area contributed by atoms with E-state index in [1.54, 1.807) is 18.9 Å². The molecule has 0 atom stereocenters. The van der Waals surface area contributed by atoms with Crippen LogP contribution in [0.2, 0.25) is 0 Å². The lowest BCUT2D eigenvalue weighted by Crippen LogP contribution is -2.55. The van der Waals surface area contributed by atoms with Gasteiger partial charge < -0.3 is 14.4 Å². The van der Waals surface area contributed by atoms with Crippen molar-refractivity contribution < 1.29 is 14.3 Å². The molecule has 0 bridgehead atoms. The Balaban J connectivity index is 1.96. The summed E-state index contributed by atoms with van der Waals surface area (Å²) in [5.74, 6) is 0.0738. The Bertz CT molecular complexity index is 1040. The van der Waals surface area contributed by atoms with Gasteiger partial charge in [0.25, 0.3) is 0 Å². The average molecular weight is 495 g/mol. The van der Waals surface area contributed by atoms with Crippen LogP contribution in [0.4, 0.5) is 4.79 Å². The van der Waals surface area contributed by atoms with Crippen LogP contribution in [-0.2, 0) is 15.0 Å². The number of allylic oxidation sites excluding steroid dienone is 1. The van der Waals surface area contributed by atoms with Crippen LogP contribution in [0, 0.1) is 11.3 Å². The van der Waals surface area contributed by atoms with E-state index in [0.29, 0.717) is 25.4 Å². The van der Waals surface area contributed by atoms with Gasteiger partial charge in [-0.25, -0.2) is 9.79 Å². The first kappa shape index (κ1) is 27.4. The molecule has 2 aliphatic rings. The van der Waals surface area contributed by atoms with E-state index in [1.165, 1.54) is 12.7 Å². The number of amidine groups is 1. The minimum Gasteiger partial charge on any atom is -0.480 e. The Hall–Kier alpha value is -3.22. The van der Waals surface area contributed by atoms with E-state index in [-0.39, 0.29) is 28.8 Å². The summed E-state index contributed by atoms with van der Waals surface area (Å²) in [6, 6.07) is 12.5. The number of benzene rings is 1. The van der Waals surface area contributed by atoms with E-state index >= 15 is 0 Å². The lowest BCUT2D eigenvalue weighted by molar-refractivity contribution is 0.0227. The number of methoxy groups -OCH3 is 2. The maximum absolute atomic E-state index is 13.8. The van der Waals surface area contributed by atoms with E-state index in [9.17, 15) is 10.1 Å². The molecule has 9 heteroatoms. The maximum Gasteiger partial charge on any atom is 0.325 e. The lowest BCUT2D eigenvalue weighted by atomic mass is 9.68. The summed E-state index contributed by atoms with van der Waals surface area (Å²) in [5.41, 5.74) is 1.48. The van der Waals surface area contributed by atoms with Crippen LogP contribution in [0.1, 0.15) is 44.6 Å². The highest BCUT2D eigenvalue weighted by Gasteiger charge is 2.54. The van der Waals surface area contributed by atoms with Gasteiger partial charge in [0.2, 0.25) is 11.7 Å². The molecular weight excluding hydrogens is 456 g/mol. The summed E-state index contributed by atoms with van der Waals surface area (Å²) in [5, 5.41) is 9.22. The first-order valence-corrected chi connectivity index (χ1v) is 12.3. The molecule has 3 rings (SSSR count). The highest BCUT2D eigenvalue weighted by atomic mass is 16.5. The normalized spacial score (nSPS) is 25.2. The summed E-state index contributed by atoms with van der Waals surface area (Å²) >= 11 is 0. The molecule has 36 heavy (non-hydrogen) atoms. The second-order valence-electron chi connectivity index (χ2n) is 9.68. The van der Waals surface area contributed by atoms with Gasteiger partial charge >= 0.3 is 6.03 Å². The van der Waals surface area contributed by atoms with Gasteiger partial charge in [-0.2, -0.15) is 10.3 Å². The Labute approximate surface area is 214 Å². The van der Waals surface area contributed by atoms with Crippen molar-refractivity contribution in [3.63, 3.8) is 0 Å². The van der Waals surface area contributed by atoms with Gasteiger partial charge in [0.15, 0.2) is 0 Å². The van der Waals surface area contributed by atoms with Gasteiger partial charge in [0.05, 0.1) is 24.9 Å². The zero-order chi connectivity index (χ0) is 26.3. The number of amides is 2. The molecule has 1 aromatic rings. The Morgan fingerprint density at radius 1 is 1.19 bits per heavy atom. The molecule has 1 aliphatic carbocycles. The molecule has 0 radical (unpaired) electrons. The smallest absolute Gasteiger partial charge is 0.325 e. The third kappa shape index (κ3) is 5.15. The van der Waals surface area contributed by atoms with Crippen molar-refractivity contribution in [2.24, 2.45) is 9.98 Å². The number of aliphatic imine (C=N–C) groups is 2. The van der Waals surface area contributed by atoms with Gasteiger partial charge in [0, 0.05) is 25.8 Å². The summed E-state index contributed by atoms with van der Waals surface area (Å²) in [6.07, 6.45) is 4.36. The van der Waals surface area contributed by atoms with E-state index in [4.69, 9.17) is 9.47 Å². The Kier molecular flexibility index (Phi) is 8.88. The number of nitriles is 1. The monoisotopic (exact) mass is 494 g/mol. The van der Waals surface area contributed by atoms with Crippen molar-refractivity contribution in [1.82, 2.24) is 14.7 Å². The number of carbonyl (C=O) groups excluding carboxylic acids is 1. The van der Waals surface area contributed by atoms with E-state index in [0.717, 1.165) is 32.1 Å². The second kappa shape index (κ2) is 11.7.